The summed E-state index contributed by atoms with van der Waals surface area (Å²) in [5.74, 6) is -0.333. The monoisotopic (exact) mass is 159 g/mol. The summed E-state index contributed by atoms with van der Waals surface area (Å²) in [6.45, 7) is 8.04. The van der Waals surface area contributed by atoms with Crippen LogP contribution < -0.4 is 5.73 Å². The van der Waals surface area contributed by atoms with Crippen molar-refractivity contribution < 1.29 is 9.53 Å². The number of ether oxygens (including phenoxy) is 1. The Morgan fingerprint density at radius 1 is 1.55 bits per heavy atom. The predicted octanol–water partition coefficient (Wildman–Crippen LogP) is 0.923. The fourth-order valence-electron chi connectivity index (χ4n) is 0.419. The average Bonchev–Trinajstić information content (AvgIpc) is 1.80. The van der Waals surface area contributed by atoms with Crippen molar-refractivity contribution in [3.63, 3.8) is 0 Å². The fourth-order valence-corrected chi connectivity index (χ4v) is 0.419. The molecule has 0 fully saturated rings. The van der Waals surface area contributed by atoms with Crippen molar-refractivity contribution >= 4 is 5.97 Å². The van der Waals surface area contributed by atoms with E-state index in [1.54, 1.807) is 6.92 Å². The van der Waals surface area contributed by atoms with Crippen molar-refractivity contribution in [2.75, 3.05) is 6.61 Å². The number of hydrogen-bond donors (Lipinski definition) is 1. The molecular weight excluding hydrogens is 142 g/mol. The molecule has 66 valence electrons. The molecule has 0 rings (SSSR count). The second kappa shape index (κ2) is 3.72. The van der Waals surface area contributed by atoms with Crippen molar-refractivity contribution in [1.29, 1.82) is 0 Å². The lowest BCUT2D eigenvalue weighted by Crippen LogP contribution is -2.31. The summed E-state index contributed by atoms with van der Waals surface area (Å²) < 4.78 is 4.90. The predicted molar refractivity (Wildman–Crippen MR) is 44.1 cm³/mol. The number of carbonyl (C=O) groups is 1. The molecule has 0 aromatic heterocycles. The van der Waals surface area contributed by atoms with E-state index in [1.165, 1.54) is 0 Å². The molecule has 0 aliphatic heterocycles. The largest absolute Gasteiger partial charge is 0.464 e. The van der Waals surface area contributed by atoms with Gasteiger partial charge in [-0.05, 0) is 12.3 Å². The molecule has 0 aliphatic carbocycles. The van der Waals surface area contributed by atoms with Crippen molar-refractivity contribution in [1.82, 2.24) is 0 Å². The summed E-state index contributed by atoms with van der Waals surface area (Å²) in [6, 6.07) is -0.516. The summed E-state index contributed by atoms with van der Waals surface area (Å²) >= 11 is 0. The maximum absolute atomic E-state index is 10.8. The molecule has 0 amide bonds. The average molecular weight is 159 g/mol. The number of esters is 1. The molecule has 11 heavy (non-hydrogen) atoms. The van der Waals surface area contributed by atoms with E-state index in [0.29, 0.717) is 6.61 Å². The Kier molecular flexibility index (Phi) is 3.52. The van der Waals surface area contributed by atoms with Crippen LogP contribution in [0.25, 0.3) is 0 Å². The maximum Gasteiger partial charge on any atom is 0.322 e. The van der Waals surface area contributed by atoms with Gasteiger partial charge in [-0.1, -0.05) is 20.8 Å². The van der Waals surface area contributed by atoms with E-state index in [4.69, 9.17) is 10.5 Å². The molecule has 0 spiro atoms. The molecule has 0 aliphatic rings. The fraction of sp³-hybridized carbons (Fsp3) is 0.875. The van der Waals surface area contributed by atoms with E-state index >= 15 is 0 Å². The Morgan fingerprint density at radius 2 is 2.00 bits per heavy atom. The molecule has 3 heteroatoms. The molecule has 0 saturated heterocycles. The van der Waals surface area contributed by atoms with Crippen LogP contribution in [-0.4, -0.2) is 18.6 Å². The van der Waals surface area contributed by atoms with Crippen LogP contribution in [0, 0.1) is 5.41 Å². The van der Waals surface area contributed by atoms with Gasteiger partial charge in [-0.2, -0.15) is 0 Å². The van der Waals surface area contributed by atoms with Gasteiger partial charge in [-0.25, -0.2) is 0 Å². The van der Waals surface area contributed by atoms with Crippen LogP contribution in [0.1, 0.15) is 27.7 Å². The highest BCUT2D eigenvalue weighted by Crippen LogP contribution is 2.12. The minimum Gasteiger partial charge on any atom is -0.464 e. The third kappa shape index (κ3) is 5.85. The lowest BCUT2D eigenvalue weighted by Gasteiger charge is -2.18. The normalized spacial score (nSPS) is 14.3. The molecule has 0 radical (unpaired) electrons. The van der Waals surface area contributed by atoms with Crippen LogP contribution in [0.15, 0.2) is 0 Å². The van der Waals surface area contributed by atoms with Crippen LogP contribution in [0.2, 0.25) is 0 Å². The van der Waals surface area contributed by atoms with Crippen LogP contribution in [-0.2, 0) is 9.53 Å². The minimum atomic E-state index is -0.516. The third-order valence-electron chi connectivity index (χ3n) is 1.02. The quantitative estimate of drug-likeness (QED) is 0.610. The van der Waals surface area contributed by atoms with Crippen molar-refractivity contribution in [2.24, 2.45) is 11.1 Å². The van der Waals surface area contributed by atoms with E-state index in [1.807, 2.05) is 20.8 Å². The molecule has 0 aromatic rings. The highest BCUT2D eigenvalue weighted by Gasteiger charge is 2.15. The number of hydrogen-bond acceptors (Lipinski definition) is 3. The zero-order valence-corrected chi connectivity index (χ0v) is 7.68. The Hall–Kier alpha value is -0.570. The van der Waals surface area contributed by atoms with Gasteiger partial charge in [-0.15, -0.1) is 0 Å². The summed E-state index contributed by atoms with van der Waals surface area (Å²) in [6.07, 6.45) is 0. The van der Waals surface area contributed by atoms with Crippen LogP contribution in [0.4, 0.5) is 0 Å². The van der Waals surface area contributed by atoms with Crippen LogP contribution in [0.5, 0.6) is 0 Å². The Morgan fingerprint density at radius 3 is 2.27 bits per heavy atom. The van der Waals surface area contributed by atoms with Crippen LogP contribution in [0.3, 0.4) is 0 Å². The number of nitrogens with two attached hydrogens (primary N) is 1. The summed E-state index contributed by atoms with van der Waals surface area (Å²) in [5, 5.41) is 0. The highest BCUT2D eigenvalue weighted by atomic mass is 16.5. The van der Waals surface area contributed by atoms with E-state index in [2.05, 4.69) is 0 Å². The first-order valence-corrected chi connectivity index (χ1v) is 3.75. The smallest absolute Gasteiger partial charge is 0.322 e. The second-order valence-electron chi connectivity index (χ2n) is 3.96. The van der Waals surface area contributed by atoms with Crippen molar-refractivity contribution in [3.8, 4) is 0 Å². The second-order valence-corrected chi connectivity index (χ2v) is 3.96. The first-order chi connectivity index (χ1) is 4.83. The minimum absolute atomic E-state index is 0.0184. The molecule has 1 atom stereocenters. The number of rotatable bonds is 2. The molecule has 0 bridgehead atoms. The topological polar surface area (TPSA) is 52.3 Å². The summed E-state index contributed by atoms with van der Waals surface area (Å²) in [7, 11) is 0. The zero-order chi connectivity index (χ0) is 9.07. The molecule has 0 saturated carbocycles. The van der Waals surface area contributed by atoms with Gasteiger partial charge < -0.3 is 10.5 Å². The lowest BCUT2D eigenvalue weighted by atomic mass is 9.99. The standard InChI is InChI=1S/C8H17NO2/c1-6(9)7(10)11-5-8(2,3)4/h6H,5,9H2,1-4H3. The SMILES string of the molecule is CC(N)C(=O)OCC(C)(C)C. The Labute approximate surface area is 67.9 Å². The number of carbonyl (C=O) groups excluding carboxylic acids is 1. The zero-order valence-electron chi connectivity index (χ0n) is 7.68. The van der Waals surface area contributed by atoms with E-state index in [-0.39, 0.29) is 11.4 Å². The van der Waals surface area contributed by atoms with Crippen molar-refractivity contribution in [3.05, 3.63) is 0 Å². The first kappa shape index (κ1) is 10.4. The van der Waals surface area contributed by atoms with Gasteiger partial charge in [0.2, 0.25) is 0 Å². The van der Waals surface area contributed by atoms with Gasteiger partial charge in [0.15, 0.2) is 0 Å². The first-order valence-electron chi connectivity index (χ1n) is 3.75. The maximum atomic E-state index is 10.8. The van der Waals surface area contributed by atoms with Gasteiger partial charge in [0.25, 0.3) is 0 Å². The molecule has 2 N–H and O–H groups in total. The van der Waals surface area contributed by atoms with E-state index in [9.17, 15) is 4.79 Å². The third-order valence-corrected chi connectivity index (χ3v) is 1.02. The van der Waals surface area contributed by atoms with E-state index < -0.39 is 6.04 Å². The molecule has 0 aromatic carbocycles. The Balaban J connectivity index is 3.64. The van der Waals surface area contributed by atoms with Gasteiger partial charge in [0.1, 0.15) is 6.04 Å². The van der Waals surface area contributed by atoms with Gasteiger partial charge in [-0.3, -0.25) is 4.79 Å². The molecule has 1 unspecified atom stereocenters. The molecule has 3 nitrogen and oxygen atoms in total. The molecular formula is C8H17NO2. The lowest BCUT2D eigenvalue weighted by molar-refractivity contribution is -0.147. The Bertz CT molecular complexity index is 136. The summed E-state index contributed by atoms with van der Waals surface area (Å²) in [4.78, 5) is 10.8. The van der Waals surface area contributed by atoms with Crippen molar-refractivity contribution in [2.45, 2.75) is 33.7 Å². The van der Waals surface area contributed by atoms with Gasteiger partial charge in [0, 0.05) is 0 Å². The molecule has 0 heterocycles. The van der Waals surface area contributed by atoms with Gasteiger partial charge >= 0.3 is 5.97 Å². The highest BCUT2D eigenvalue weighted by molar-refractivity contribution is 5.74. The van der Waals surface area contributed by atoms with Gasteiger partial charge in [0.05, 0.1) is 6.61 Å². The summed E-state index contributed by atoms with van der Waals surface area (Å²) in [5.41, 5.74) is 5.31. The van der Waals surface area contributed by atoms with E-state index in [0.717, 1.165) is 0 Å². The van der Waals surface area contributed by atoms with Crippen LogP contribution >= 0.6 is 0 Å².